The molecule has 0 spiro atoms. The summed E-state index contributed by atoms with van der Waals surface area (Å²) in [6.07, 6.45) is 1.88. The minimum absolute atomic E-state index is 0.151. The van der Waals surface area contributed by atoms with Crippen LogP contribution >= 0.6 is 0 Å². The molecule has 0 amide bonds. The van der Waals surface area contributed by atoms with Crippen LogP contribution in [0.2, 0.25) is 0 Å². The fourth-order valence-electron chi connectivity index (χ4n) is 2.30. The lowest BCUT2D eigenvalue weighted by molar-refractivity contribution is 0.810. The molecular formula is C17H22N2. The van der Waals surface area contributed by atoms with Gasteiger partial charge in [0, 0.05) is 6.20 Å². The van der Waals surface area contributed by atoms with Gasteiger partial charge in [-0.1, -0.05) is 44.2 Å². The molecule has 0 aliphatic carbocycles. The SMILES string of the molecule is Cc1cnc(C(N)c2ccc(C(C)C)cc2)c(C)c1. The summed E-state index contributed by atoms with van der Waals surface area (Å²) in [7, 11) is 0. The average Bonchev–Trinajstić information content (AvgIpc) is 2.38. The van der Waals surface area contributed by atoms with Gasteiger partial charge in [-0.15, -0.1) is 0 Å². The number of rotatable bonds is 3. The molecule has 1 unspecified atom stereocenters. The second-order valence-electron chi connectivity index (χ2n) is 5.51. The molecule has 2 nitrogen and oxygen atoms in total. The largest absolute Gasteiger partial charge is 0.319 e. The van der Waals surface area contributed by atoms with Crippen LogP contribution in [0.25, 0.3) is 0 Å². The van der Waals surface area contributed by atoms with Crippen molar-refractivity contribution in [2.75, 3.05) is 0 Å². The van der Waals surface area contributed by atoms with Crippen LogP contribution in [-0.4, -0.2) is 4.98 Å². The summed E-state index contributed by atoms with van der Waals surface area (Å²) >= 11 is 0. The molecule has 2 heteroatoms. The standard InChI is InChI=1S/C17H22N2/c1-11(2)14-5-7-15(8-6-14)16(18)17-13(4)9-12(3)10-19-17/h5-11,16H,18H2,1-4H3. The highest BCUT2D eigenvalue weighted by Gasteiger charge is 2.13. The molecule has 2 rings (SSSR count). The molecule has 0 aliphatic heterocycles. The van der Waals surface area contributed by atoms with E-state index < -0.39 is 0 Å². The van der Waals surface area contributed by atoms with E-state index in [1.54, 1.807) is 0 Å². The number of hydrogen-bond acceptors (Lipinski definition) is 2. The molecule has 0 saturated heterocycles. The predicted molar refractivity (Wildman–Crippen MR) is 80.3 cm³/mol. The van der Waals surface area contributed by atoms with Crippen LogP contribution in [0.1, 0.15) is 53.8 Å². The molecule has 0 bridgehead atoms. The smallest absolute Gasteiger partial charge is 0.0729 e. The lowest BCUT2D eigenvalue weighted by atomic mass is 9.96. The van der Waals surface area contributed by atoms with Gasteiger partial charge < -0.3 is 5.73 Å². The highest BCUT2D eigenvalue weighted by Crippen LogP contribution is 2.23. The zero-order chi connectivity index (χ0) is 14.0. The van der Waals surface area contributed by atoms with E-state index in [1.807, 2.05) is 13.1 Å². The van der Waals surface area contributed by atoms with Crippen LogP contribution < -0.4 is 5.73 Å². The Morgan fingerprint density at radius 2 is 1.58 bits per heavy atom. The zero-order valence-corrected chi connectivity index (χ0v) is 12.1. The van der Waals surface area contributed by atoms with E-state index in [1.165, 1.54) is 11.1 Å². The van der Waals surface area contributed by atoms with E-state index >= 15 is 0 Å². The molecular weight excluding hydrogens is 232 g/mol. The molecule has 1 aromatic heterocycles. The van der Waals surface area contributed by atoms with Crippen LogP contribution in [0, 0.1) is 13.8 Å². The van der Waals surface area contributed by atoms with Gasteiger partial charge in [-0.3, -0.25) is 4.98 Å². The summed E-state index contributed by atoms with van der Waals surface area (Å²) in [5.41, 5.74) is 12.1. The van der Waals surface area contributed by atoms with Crippen molar-refractivity contribution < 1.29 is 0 Å². The van der Waals surface area contributed by atoms with E-state index in [0.717, 1.165) is 16.8 Å². The first kappa shape index (κ1) is 13.8. The van der Waals surface area contributed by atoms with Gasteiger partial charge in [0.05, 0.1) is 11.7 Å². The van der Waals surface area contributed by atoms with Gasteiger partial charge in [-0.05, 0) is 42.0 Å². The second kappa shape index (κ2) is 5.54. The normalized spacial score (nSPS) is 12.7. The molecule has 100 valence electrons. The lowest BCUT2D eigenvalue weighted by Gasteiger charge is -2.15. The minimum Gasteiger partial charge on any atom is -0.319 e. The van der Waals surface area contributed by atoms with E-state index in [2.05, 4.69) is 56.1 Å². The second-order valence-corrected chi connectivity index (χ2v) is 5.51. The van der Waals surface area contributed by atoms with Crippen LogP contribution in [0.3, 0.4) is 0 Å². The first-order chi connectivity index (χ1) is 8.99. The number of nitrogens with two attached hydrogens (primary N) is 1. The quantitative estimate of drug-likeness (QED) is 0.903. The van der Waals surface area contributed by atoms with Crippen LogP contribution in [0.5, 0.6) is 0 Å². The summed E-state index contributed by atoms with van der Waals surface area (Å²) in [5.74, 6) is 0.546. The first-order valence-electron chi connectivity index (χ1n) is 6.77. The van der Waals surface area contributed by atoms with Crippen molar-refractivity contribution >= 4 is 0 Å². The molecule has 2 aromatic rings. The van der Waals surface area contributed by atoms with Crippen LogP contribution in [0.4, 0.5) is 0 Å². The van der Waals surface area contributed by atoms with Gasteiger partial charge in [0.2, 0.25) is 0 Å². The summed E-state index contributed by atoms with van der Waals surface area (Å²) in [4.78, 5) is 4.49. The molecule has 0 saturated carbocycles. The highest BCUT2D eigenvalue weighted by molar-refractivity contribution is 5.35. The molecule has 0 aliphatic rings. The van der Waals surface area contributed by atoms with Gasteiger partial charge in [0.1, 0.15) is 0 Å². The number of aryl methyl sites for hydroxylation is 2. The molecule has 0 radical (unpaired) electrons. The van der Waals surface area contributed by atoms with Gasteiger partial charge in [0.25, 0.3) is 0 Å². The third-order valence-electron chi connectivity index (χ3n) is 3.51. The number of benzene rings is 1. The van der Waals surface area contributed by atoms with Crippen molar-refractivity contribution in [2.45, 2.75) is 39.7 Å². The number of hydrogen-bond donors (Lipinski definition) is 1. The summed E-state index contributed by atoms with van der Waals surface area (Å²) in [5, 5.41) is 0. The third-order valence-corrected chi connectivity index (χ3v) is 3.51. The van der Waals surface area contributed by atoms with Crippen molar-refractivity contribution in [3.05, 3.63) is 64.5 Å². The van der Waals surface area contributed by atoms with Gasteiger partial charge in [-0.2, -0.15) is 0 Å². The van der Waals surface area contributed by atoms with Crippen LogP contribution in [0.15, 0.2) is 36.5 Å². The Hall–Kier alpha value is -1.67. The zero-order valence-electron chi connectivity index (χ0n) is 12.1. The van der Waals surface area contributed by atoms with Gasteiger partial charge >= 0.3 is 0 Å². The Balaban J connectivity index is 2.30. The molecule has 2 N–H and O–H groups in total. The molecule has 1 heterocycles. The van der Waals surface area contributed by atoms with E-state index in [9.17, 15) is 0 Å². The number of pyridine rings is 1. The summed E-state index contributed by atoms with van der Waals surface area (Å²) in [6.45, 7) is 8.51. The van der Waals surface area contributed by atoms with Gasteiger partial charge in [-0.25, -0.2) is 0 Å². The summed E-state index contributed by atoms with van der Waals surface area (Å²) < 4.78 is 0. The maximum atomic E-state index is 6.33. The molecule has 0 fully saturated rings. The highest BCUT2D eigenvalue weighted by atomic mass is 14.8. The Labute approximate surface area is 115 Å². The van der Waals surface area contributed by atoms with E-state index in [0.29, 0.717) is 5.92 Å². The first-order valence-corrected chi connectivity index (χ1v) is 6.77. The monoisotopic (exact) mass is 254 g/mol. The Morgan fingerprint density at radius 1 is 1.00 bits per heavy atom. The lowest BCUT2D eigenvalue weighted by Crippen LogP contribution is -2.15. The molecule has 1 aromatic carbocycles. The average molecular weight is 254 g/mol. The minimum atomic E-state index is -0.151. The van der Waals surface area contributed by atoms with Crippen LogP contribution in [-0.2, 0) is 0 Å². The van der Waals surface area contributed by atoms with Gasteiger partial charge in [0.15, 0.2) is 0 Å². The van der Waals surface area contributed by atoms with Crippen molar-refractivity contribution in [1.29, 1.82) is 0 Å². The van der Waals surface area contributed by atoms with Crippen molar-refractivity contribution in [1.82, 2.24) is 4.98 Å². The fraction of sp³-hybridized carbons (Fsp3) is 0.353. The Kier molecular flexibility index (Phi) is 4.01. The van der Waals surface area contributed by atoms with Crippen molar-refractivity contribution in [3.63, 3.8) is 0 Å². The molecule has 19 heavy (non-hydrogen) atoms. The van der Waals surface area contributed by atoms with Crippen molar-refractivity contribution in [3.8, 4) is 0 Å². The van der Waals surface area contributed by atoms with Crippen molar-refractivity contribution in [2.24, 2.45) is 5.73 Å². The maximum absolute atomic E-state index is 6.33. The third kappa shape index (κ3) is 3.02. The number of nitrogens with zero attached hydrogens (tertiary/aromatic N) is 1. The summed E-state index contributed by atoms with van der Waals surface area (Å²) in [6, 6.07) is 10.5. The fourth-order valence-corrected chi connectivity index (χ4v) is 2.30. The van der Waals surface area contributed by atoms with E-state index in [-0.39, 0.29) is 6.04 Å². The maximum Gasteiger partial charge on any atom is 0.0729 e. The molecule has 1 atom stereocenters. The predicted octanol–water partition coefficient (Wildman–Crippen LogP) is 3.87. The number of aromatic nitrogens is 1. The topological polar surface area (TPSA) is 38.9 Å². The Bertz CT molecular complexity index is 556. The van der Waals surface area contributed by atoms with E-state index in [4.69, 9.17) is 5.73 Å². The Morgan fingerprint density at radius 3 is 2.11 bits per heavy atom.